The van der Waals surface area contributed by atoms with Gasteiger partial charge in [-0.3, -0.25) is 0 Å². The van der Waals surface area contributed by atoms with Crippen molar-refractivity contribution in [2.45, 2.75) is 37.6 Å². The molecular formula is C14H13Cl2NO2. The van der Waals surface area contributed by atoms with E-state index in [0.717, 1.165) is 12.8 Å². The normalized spacial score (nSPS) is 34.2. The number of fused-ring (bicyclic) bond motifs is 2. The Bertz CT molecular complexity index is 537. The number of rotatable bonds is 2. The summed E-state index contributed by atoms with van der Waals surface area (Å²) in [4.78, 5) is 0. The van der Waals surface area contributed by atoms with E-state index in [0.29, 0.717) is 22.0 Å². The van der Waals surface area contributed by atoms with Crippen molar-refractivity contribution in [2.75, 3.05) is 0 Å². The van der Waals surface area contributed by atoms with Crippen LogP contribution in [0.5, 0.6) is 0 Å². The van der Waals surface area contributed by atoms with Crippen LogP contribution in [-0.2, 0) is 4.74 Å². The lowest BCUT2D eigenvalue weighted by Crippen LogP contribution is -2.37. The number of ether oxygens (including phenoxy) is 1. The fourth-order valence-corrected chi connectivity index (χ4v) is 3.84. The van der Waals surface area contributed by atoms with Gasteiger partial charge >= 0.3 is 0 Å². The average Bonchev–Trinajstić information content (AvgIpc) is 2.99. The number of aliphatic hydroxyl groups is 1. The Hall–Kier alpha value is -0.790. The number of nitriles is 1. The van der Waals surface area contributed by atoms with E-state index in [9.17, 15) is 10.4 Å². The van der Waals surface area contributed by atoms with Crippen molar-refractivity contribution < 1.29 is 9.84 Å². The van der Waals surface area contributed by atoms with Crippen LogP contribution in [0.25, 0.3) is 0 Å². The van der Waals surface area contributed by atoms with Crippen LogP contribution in [0, 0.1) is 16.7 Å². The molecule has 0 amide bonds. The lowest BCUT2D eigenvalue weighted by Gasteiger charge is -2.33. The Balaban J connectivity index is 2.04. The topological polar surface area (TPSA) is 53.2 Å². The molecule has 1 N–H and O–H groups in total. The first-order chi connectivity index (χ1) is 9.08. The van der Waals surface area contributed by atoms with Crippen molar-refractivity contribution in [1.82, 2.24) is 0 Å². The van der Waals surface area contributed by atoms with Crippen molar-refractivity contribution in [3.8, 4) is 6.07 Å². The van der Waals surface area contributed by atoms with Crippen LogP contribution in [0.2, 0.25) is 10.0 Å². The molecule has 0 saturated carbocycles. The molecule has 3 rings (SSSR count). The number of aliphatic hydroxyl groups excluding tert-OH is 1. The lowest BCUT2D eigenvalue weighted by atomic mass is 9.69. The number of nitrogens with zero attached hydrogens (tertiary/aromatic N) is 1. The van der Waals surface area contributed by atoms with E-state index in [-0.39, 0.29) is 12.2 Å². The number of benzene rings is 1. The van der Waals surface area contributed by atoms with Gasteiger partial charge < -0.3 is 9.84 Å². The highest BCUT2D eigenvalue weighted by Gasteiger charge is 2.57. The molecule has 2 saturated heterocycles. The zero-order chi connectivity index (χ0) is 13.6. The molecule has 0 radical (unpaired) electrons. The number of hydrogen-bond donors (Lipinski definition) is 1. The van der Waals surface area contributed by atoms with Crippen LogP contribution in [0.15, 0.2) is 18.2 Å². The summed E-state index contributed by atoms with van der Waals surface area (Å²) in [6, 6.07) is 7.33. The highest BCUT2D eigenvalue weighted by Crippen LogP contribution is 2.55. The minimum Gasteiger partial charge on any atom is -0.387 e. The minimum absolute atomic E-state index is 0.0700. The highest BCUT2D eigenvalue weighted by atomic mass is 35.5. The molecule has 0 aromatic heterocycles. The molecule has 1 aromatic carbocycles. The molecule has 2 bridgehead atoms. The second-order valence-electron chi connectivity index (χ2n) is 5.22. The Labute approximate surface area is 121 Å². The Morgan fingerprint density at radius 1 is 1.37 bits per heavy atom. The van der Waals surface area contributed by atoms with Crippen LogP contribution in [-0.4, -0.2) is 17.3 Å². The van der Waals surface area contributed by atoms with Gasteiger partial charge in [0.2, 0.25) is 0 Å². The van der Waals surface area contributed by atoms with E-state index in [1.54, 1.807) is 18.2 Å². The SMILES string of the molecule is N#CC1(C(O)c2c(Cl)cccc2Cl)CC2CCC1O2. The summed E-state index contributed by atoms with van der Waals surface area (Å²) in [5.41, 5.74) is -0.499. The van der Waals surface area contributed by atoms with Gasteiger partial charge in [0.1, 0.15) is 11.5 Å². The third-order valence-corrected chi connectivity index (χ3v) is 4.88. The van der Waals surface area contributed by atoms with Crippen molar-refractivity contribution in [2.24, 2.45) is 5.41 Å². The molecule has 2 aliphatic rings. The summed E-state index contributed by atoms with van der Waals surface area (Å²) in [5, 5.41) is 21.0. The van der Waals surface area contributed by atoms with E-state index < -0.39 is 11.5 Å². The standard InChI is InChI=1S/C14H13Cl2NO2/c15-9-2-1-3-10(16)12(9)13(18)14(7-17)6-8-4-5-11(14)19-8/h1-3,8,11,13,18H,4-6H2. The van der Waals surface area contributed by atoms with Gasteiger partial charge in [-0.15, -0.1) is 0 Å². The van der Waals surface area contributed by atoms with Gasteiger partial charge in [0.15, 0.2) is 0 Å². The average molecular weight is 298 g/mol. The Kier molecular flexibility index (Phi) is 3.23. The molecule has 2 heterocycles. The third kappa shape index (κ3) is 1.86. The van der Waals surface area contributed by atoms with E-state index >= 15 is 0 Å². The molecule has 19 heavy (non-hydrogen) atoms. The molecule has 2 fully saturated rings. The molecule has 4 unspecified atom stereocenters. The van der Waals surface area contributed by atoms with Crippen molar-refractivity contribution in [3.63, 3.8) is 0 Å². The quantitative estimate of drug-likeness (QED) is 0.909. The van der Waals surface area contributed by atoms with Crippen LogP contribution in [0.4, 0.5) is 0 Å². The second-order valence-corrected chi connectivity index (χ2v) is 6.03. The van der Waals surface area contributed by atoms with Crippen molar-refractivity contribution in [3.05, 3.63) is 33.8 Å². The van der Waals surface area contributed by atoms with E-state index in [1.165, 1.54) is 0 Å². The van der Waals surface area contributed by atoms with Crippen LogP contribution >= 0.6 is 23.2 Å². The van der Waals surface area contributed by atoms with Gasteiger partial charge in [-0.1, -0.05) is 29.3 Å². The minimum atomic E-state index is -1.02. The van der Waals surface area contributed by atoms with Crippen LogP contribution < -0.4 is 0 Å². The van der Waals surface area contributed by atoms with Gasteiger partial charge in [-0.2, -0.15) is 5.26 Å². The van der Waals surface area contributed by atoms with Gasteiger partial charge in [-0.05, 0) is 31.4 Å². The monoisotopic (exact) mass is 297 g/mol. The van der Waals surface area contributed by atoms with E-state index in [1.807, 2.05) is 0 Å². The molecule has 1 aromatic rings. The zero-order valence-corrected chi connectivity index (χ0v) is 11.7. The van der Waals surface area contributed by atoms with Crippen molar-refractivity contribution in [1.29, 1.82) is 5.26 Å². The summed E-state index contributed by atoms with van der Waals surface area (Å²) in [6.07, 6.45) is 1.12. The molecule has 100 valence electrons. The molecule has 4 atom stereocenters. The van der Waals surface area contributed by atoms with Crippen molar-refractivity contribution >= 4 is 23.2 Å². The first-order valence-corrected chi connectivity index (χ1v) is 7.03. The summed E-state index contributed by atoms with van der Waals surface area (Å²) >= 11 is 12.3. The Morgan fingerprint density at radius 3 is 2.53 bits per heavy atom. The Morgan fingerprint density at radius 2 is 2.05 bits per heavy atom. The predicted molar refractivity (Wildman–Crippen MR) is 72.0 cm³/mol. The largest absolute Gasteiger partial charge is 0.387 e. The summed E-state index contributed by atoms with van der Waals surface area (Å²) < 4.78 is 5.73. The van der Waals surface area contributed by atoms with Gasteiger partial charge in [-0.25, -0.2) is 0 Å². The van der Waals surface area contributed by atoms with Gasteiger partial charge in [0.05, 0.1) is 18.3 Å². The summed E-state index contributed by atoms with van der Waals surface area (Å²) in [7, 11) is 0. The molecule has 0 spiro atoms. The molecule has 5 heteroatoms. The predicted octanol–water partition coefficient (Wildman–Crippen LogP) is 3.49. The number of halogens is 2. The maximum absolute atomic E-state index is 10.7. The molecule has 2 aliphatic heterocycles. The fourth-order valence-electron chi connectivity index (χ4n) is 3.24. The zero-order valence-electron chi connectivity index (χ0n) is 10.1. The second kappa shape index (κ2) is 4.64. The van der Waals surface area contributed by atoms with Gasteiger partial charge in [0, 0.05) is 15.6 Å². The smallest absolute Gasteiger partial charge is 0.116 e. The maximum atomic E-state index is 10.7. The highest BCUT2D eigenvalue weighted by molar-refractivity contribution is 6.36. The first-order valence-electron chi connectivity index (χ1n) is 6.27. The van der Waals surface area contributed by atoms with E-state index in [2.05, 4.69) is 6.07 Å². The molecule has 3 nitrogen and oxygen atoms in total. The summed E-state index contributed by atoms with van der Waals surface area (Å²) in [5.74, 6) is 0. The van der Waals surface area contributed by atoms with Crippen LogP contribution in [0.1, 0.15) is 30.9 Å². The first kappa shape index (κ1) is 13.2. The number of hydrogen-bond acceptors (Lipinski definition) is 3. The fraction of sp³-hybridized carbons (Fsp3) is 0.500. The van der Waals surface area contributed by atoms with Crippen LogP contribution in [0.3, 0.4) is 0 Å². The third-order valence-electron chi connectivity index (χ3n) is 4.22. The molecular weight excluding hydrogens is 285 g/mol. The molecule has 0 aliphatic carbocycles. The summed E-state index contributed by atoms with van der Waals surface area (Å²) in [6.45, 7) is 0. The van der Waals surface area contributed by atoms with E-state index in [4.69, 9.17) is 27.9 Å². The lowest BCUT2D eigenvalue weighted by molar-refractivity contribution is 0.00353. The maximum Gasteiger partial charge on any atom is 0.116 e. The van der Waals surface area contributed by atoms with Gasteiger partial charge in [0.25, 0.3) is 0 Å².